The summed E-state index contributed by atoms with van der Waals surface area (Å²) < 4.78 is 2.24. The molecule has 3 aromatic carbocycles. The summed E-state index contributed by atoms with van der Waals surface area (Å²) >= 11 is 12.1. The number of benzene rings is 3. The first-order valence-corrected chi connectivity index (χ1v) is 12.7. The van der Waals surface area contributed by atoms with Crippen molar-refractivity contribution in [3.63, 3.8) is 0 Å². The third-order valence-corrected chi connectivity index (χ3v) is 6.79. The van der Waals surface area contributed by atoms with Crippen molar-refractivity contribution in [2.75, 3.05) is 0 Å². The molecule has 1 atom stereocenters. The summed E-state index contributed by atoms with van der Waals surface area (Å²) in [5, 5.41) is 8.69. The van der Waals surface area contributed by atoms with Gasteiger partial charge in [0.1, 0.15) is 6.04 Å². The molecule has 0 aliphatic carbocycles. The van der Waals surface area contributed by atoms with Crippen LogP contribution in [0.4, 0.5) is 0 Å². The predicted octanol–water partition coefficient (Wildman–Crippen LogP) is 6.21. The van der Waals surface area contributed by atoms with Gasteiger partial charge in [-0.25, -0.2) is 5.43 Å². The van der Waals surface area contributed by atoms with E-state index < -0.39 is 17.9 Å². The van der Waals surface area contributed by atoms with Crippen LogP contribution in [0, 0.1) is 12.8 Å². The Balaban J connectivity index is 1.52. The van der Waals surface area contributed by atoms with Gasteiger partial charge in [0.25, 0.3) is 11.8 Å². The molecule has 190 valence electrons. The molecule has 1 aromatic heterocycles. The van der Waals surface area contributed by atoms with Crippen LogP contribution >= 0.6 is 23.2 Å². The molecule has 4 aromatic rings. The molecule has 2 N–H and O–H groups in total. The van der Waals surface area contributed by atoms with Crippen molar-refractivity contribution < 1.29 is 9.59 Å². The van der Waals surface area contributed by atoms with Crippen LogP contribution < -0.4 is 10.7 Å². The van der Waals surface area contributed by atoms with E-state index in [2.05, 4.69) is 38.6 Å². The summed E-state index contributed by atoms with van der Waals surface area (Å²) in [6, 6.07) is 22.1. The number of aromatic nitrogens is 1. The molecule has 37 heavy (non-hydrogen) atoms. The van der Waals surface area contributed by atoms with E-state index in [0.29, 0.717) is 5.02 Å². The smallest absolute Gasteiger partial charge is 0.262 e. The van der Waals surface area contributed by atoms with Crippen LogP contribution in [0.3, 0.4) is 0 Å². The van der Waals surface area contributed by atoms with Crippen LogP contribution in [0.25, 0.3) is 10.9 Å². The molecule has 0 spiro atoms. The first-order valence-electron chi connectivity index (χ1n) is 12.0. The molecule has 1 unspecified atom stereocenters. The second kappa shape index (κ2) is 11.6. The SMILES string of the molecule is Cc1c(/C=N\NC(=O)C(NC(=O)c2ccc(Cl)cc2Cl)C(C)C)c2ccccc2n1Cc1ccccc1. The summed E-state index contributed by atoms with van der Waals surface area (Å²) in [5.74, 6) is -1.06. The number of nitrogens with zero attached hydrogens (tertiary/aromatic N) is 2. The summed E-state index contributed by atoms with van der Waals surface area (Å²) in [6.45, 7) is 6.46. The Morgan fingerprint density at radius 3 is 2.41 bits per heavy atom. The van der Waals surface area contributed by atoms with Gasteiger partial charge >= 0.3 is 0 Å². The average molecular weight is 535 g/mol. The third kappa shape index (κ3) is 6.04. The number of nitrogens with one attached hydrogen (secondary N) is 2. The highest BCUT2D eigenvalue weighted by atomic mass is 35.5. The van der Waals surface area contributed by atoms with Crippen LogP contribution in [0.2, 0.25) is 10.0 Å². The van der Waals surface area contributed by atoms with Gasteiger partial charge in [-0.2, -0.15) is 5.10 Å². The van der Waals surface area contributed by atoms with Gasteiger partial charge in [-0.05, 0) is 42.7 Å². The maximum Gasteiger partial charge on any atom is 0.262 e. The summed E-state index contributed by atoms with van der Waals surface area (Å²) in [7, 11) is 0. The number of amides is 2. The van der Waals surface area contributed by atoms with Gasteiger partial charge in [0.05, 0.1) is 16.8 Å². The second-order valence-corrected chi connectivity index (χ2v) is 9.99. The lowest BCUT2D eigenvalue weighted by Gasteiger charge is -2.20. The molecule has 0 radical (unpaired) electrons. The van der Waals surface area contributed by atoms with E-state index >= 15 is 0 Å². The molecule has 8 heteroatoms. The molecule has 6 nitrogen and oxygen atoms in total. The molecule has 2 amide bonds. The molecule has 0 bridgehead atoms. The number of rotatable bonds is 8. The Bertz CT molecular complexity index is 1460. The minimum absolute atomic E-state index is 0.181. The molecule has 0 aliphatic heterocycles. The third-order valence-electron chi connectivity index (χ3n) is 6.24. The van der Waals surface area contributed by atoms with Crippen molar-refractivity contribution in [2.45, 2.75) is 33.4 Å². The Hall–Kier alpha value is -3.61. The van der Waals surface area contributed by atoms with Gasteiger partial charge in [0.15, 0.2) is 0 Å². The topological polar surface area (TPSA) is 75.5 Å². The Morgan fingerprint density at radius 1 is 1.00 bits per heavy atom. The summed E-state index contributed by atoms with van der Waals surface area (Å²) in [4.78, 5) is 25.8. The fourth-order valence-corrected chi connectivity index (χ4v) is 4.74. The van der Waals surface area contributed by atoms with Crippen LogP contribution in [0.1, 0.15) is 41.0 Å². The maximum absolute atomic E-state index is 13.0. The van der Waals surface area contributed by atoms with Gasteiger partial charge in [0, 0.05) is 33.7 Å². The molecule has 0 aliphatic rings. The van der Waals surface area contributed by atoms with Crippen molar-refractivity contribution in [3.8, 4) is 0 Å². The van der Waals surface area contributed by atoms with Gasteiger partial charge in [0.2, 0.25) is 0 Å². The number of hydrogen-bond acceptors (Lipinski definition) is 3. The number of fused-ring (bicyclic) bond motifs is 1. The van der Waals surface area contributed by atoms with Gasteiger partial charge in [-0.1, -0.05) is 85.6 Å². The molecule has 0 saturated carbocycles. The van der Waals surface area contributed by atoms with Crippen LogP contribution in [0.5, 0.6) is 0 Å². The quantitative estimate of drug-likeness (QED) is 0.208. The monoisotopic (exact) mass is 534 g/mol. The largest absolute Gasteiger partial charge is 0.340 e. The minimum Gasteiger partial charge on any atom is -0.340 e. The van der Waals surface area contributed by atoms with Crippen molar-refractivity contribution >= 4 is 52.1 Å². The van der Waals surface area contributed by atoms with E-state index in [1.165, 1.54) is 17.7 Å². The number of halogens is 2. The van der Waals surface area contributed by atoms with Gasteiger partial charge < -0.3 is 9.88 Å². The van der Waals surface area contributed by atoms with Crippen molar-refractivity contribution in [2.24, 2.45) is 11.0 Å². The van der Waals surface area contributed by atoms with Crippen molar-refractivity contribution in [1.82, 2.24) is 15.3 Å². The molecule has 1 heterocycles. The minimum atomic E-state index is -0.808. The zero-order valence-electron chi connectivity index (χ0n) is 20.8. The zero-order chi connectivity index (χ0) is 26.5. The summed E-state index contributed by atoms with van der Waals surface area (Å²) in [5.41, 5.74) is 7.08. The lowest BCUT2D eigenvalue weighted by Crippen LogP contribution is -2.48. The number of hydrazone groups is 1. The molecule has 0 saturated heterocycles. The van der Waals surface area contributed by atoms with Gasteiger partial charge in [-0.15, -0.1) is 0 Å². The Morgan fingerprint density at radius 2 is 1.70 bits per heavy atom. The fourth-order valence-electron chi connectivity index (χ4n) is 4.25. The van der Waals surface area contributed by atoms with Crippen LogP contribution in [-0.4, -0.2) is 28.6 Å². The number of carbonyl (C=O) groups excluding carboxylic acids is 2. The van der Waals surface area contributed by atoms with Crippen LogP contribution in [0.15, 0.2) is 77.9 Å². The standard InChI is InChI=1S/C29H28Cl2N4O2/c1-18(2)27(33-28(36)23-14-13-21(30)15-25(23)31)29(37)34-32-16-24-19(3)35(17-20-9-5-4-6-10-20)26-12-8-7-11-22(24)26/h4-16,18,27H,17H2,1-3H3,(H,33,36)(H,34,37)/b32-16-. The van der Waals surface area contributed by atoms with Crippen LogP contribution in [-0.2, 0) is 11.3 Å². The van der Waals surface area contributed by atoms with Crippen molar-refractivity contribution in [1.29, 1.82) is 0 Å². The number of hydrogen-bond donors (Lipinski definition) is 2. The number of carbonyl (C=O) groups is 2. The average Bonchev–Trinajstić information content (AvgIpc) is 3.13. The Labute approximate surface area is 226 Å². The normalized spacial score (nSPS) is 12.3. The molecule has 4 rings (SSSR count). The van der Waals surface area contributed by atoms with E-state index in [0.717, 1.165) is 28.7 Å². The van der Waals surface area contributed by atoms with E-state index in [-0.39, 0.29) is 16.5 Å². The van der Waals surface area contributed by atoms with E-state index in [4.69, 9.17) is 23.2 Å². The van der Waals surface area contributed by atoms with E-state index in [9.17, 15) is 9.59 Å². The second-order valence-electron chi connectivity index (χ2n) is 9.14. The van der Waals surface area contributed by atoms with Gasteiger partial charge in [-0.3, -0.25) is 9.59 Å². The molecular weight excluding hydrogens is 507 g/mol. The summed E-state index contributed by atoms with van der Waals surface area (Å²) in [6.07, 6.45) is 1.66. The highest BCUT2D eigenvalue weighted by molar-refractivity contribution is 6.36. The Kier molecular flexibility index (Phi) is 8.31. The highest BCUT2D eigenvalue weighted by Gasteiger charge is 2.25. The lowest BCUT2D eigenvalue weighted by atomic mass is 10.0. The van der Waals surface area contributed by atoms with E-state index in [1.807, 2.05) is 57.2 Å². The first-order chi connectivity index (χ1) is 17.8. The van der Waals surface area contributed by atoms with Crippen molar-refractivity contribution in [3.05, 3.63) is 105 Å². The molecule has 0 fully saturated rings. The molecular formula is C29H28Cl2N4O2. The maximum atomic E-state index is 13.0. The fraction of sp³-hybridized carbons (Fsp3) is 0.207. The predicted molar refractivity (Wildman–Crippen MR) is 151 cm³/mol. The number of para-hydroxylation sites is 1. The highest BCUT2D eigenvalue weighted by Crippen LogP contribution is 2.26. The van der Waals surface area contributed by atoms with E-state index in [1.54, 1.807) is 12.3 Å². The first kappa shape index (κ1) is 26.5. The lowest BCUT2D eigenvalue weighted by molar-refractivity contribution is -0.123. The zero-order valence-corrected chi connectivity index (χ0v) is 22.3.